The van der Waals surface area contributed by atoms with Crippen molar-refractivity contribution in [2.75, 3.05) is 18.2 Å². The lowest BCUT2D eigenvalue weighted by molar-refractivity contribution is -0.116. The minimum Gasteiger partial charge on any atom is -0.453 e. The van der Waals surface area contributed by atoms with Gasteiger partial charge in [0.05, 0.1) is 12.7 Å². The van der Waals surface area contributed by atoms with Gasteiger partial charge in [0, 0.05) is 16.2 Å². The topological polar surface area (TPSA) is 84.5 Å². The standard InChI is InChI=1S/C21H24N2O4S2/c1-27-21(26)23-19(25)18-15-10-5-6-11-16(15)29-20(18)22-17(24)12-7-13-28-14-8-3-2-4-9-14/h2-4,8-9H,5-7,10-13H2,1H3,(H,22,24)(H,23,25,26). The van der Waals surface area contributed by atoms with Crippen LogP contribution in [0.15, 0.2) is 35.2 Å². The van der Waals surface area contributed by atoms with Gasteiger partial charge >= 0.3 is 6.09 Å². The molecule has 0 spiro atoms. The predicted molar refractivity (Wildman–Crippen MR) is 116 cm³/mol. The number of alkyl carbamates (subject to hydrolysis) is 1. The largest absolute Gasteiger partial charge is 0.453 e. The zero-order valence-electron chi connectivity index (χ0n) is 16.3. The van der Waals surface area contributed by atoms with E-state index in [9.17, 15) is 14.4 Å². The van der Waals surface area contributed by atoms with Crippen LogP contribution in [0.5, 0.6) is 0 Å². The number of anilines is 1. The van der Waals surface area contributed by atoms with E-state index in [2.05, 4.69) is 15.4 Å². The lowest BCUT2D eigenvalue weighted by Crippen LogP contribution is -2.31. The molecule has 1 aliphatic carbocycles. The maximum absolute atomic E-state index is 12.6. The number of hydrogen-bond acceptors (Lipinski definition) is 6. The molecule has 2 aromatic rings. The number of carbonyl (C=O) groups excluding carboxylic acids is 3. The van der Waals surface area contributed by atoms with Crippen molar-refractivity contribution in [1.82, 2.24) is 5.32 Å². The van der Waals surface area contributed by atoms with Gasteiger partial charge in [0.25, 0.3) is 5.91 Å². The number of imide groups is 1. The Morgan fingerprint density at radius 3 is 2.66 bits per heavy atom. The van der Waals surface area contributed by atoms with Crippen LogP contribution in [0.4, 0.5) is 9.80 Å². The van der Waals surface area contributed by atoms with Crippen molar-refractivity contribution in [2.24, 2.45) is 0 Å². The molecule has 0 fully saturated rings. The molecule has 1 aromatic heterocycles. The van der Waals surface area contributed by atoms with Crippen molar-refractivity contribution in [1.29, 1.82) is 0 Å². The molecule has 8 heteroatoms. The van der Waals surface area contributed by atoms with E-state index in [0.717, 1.165) is 48.3 Å². The first kappa shape index (κ1) is 21.4. The Bertz CT molecular complexity index is 880. The fourth-order valence-electron chi connectivity index (χ4n) is 3.23. The molecule has 3 rings (SSSR count). The van der Waals surface area contributed by atoms with Crippen molar-refractivity contribution in [2.45, 2.75) is 43.4 Å². The molecule has 0 unspecified atom stereocenters. The minimum absolute atomic E-state index is 0.121. The Balaban J connectivity index is 1.61. The average molecular weight is 433 g/mol. The van der Waals surface area contributed by atoms with E-state index < -0.39 is 12.0 Å². The summed E-state index contributed by atoms with van der Waals surface area (Å²) in [5.41, 5.74) is 1.35. The third-order valence-corrected chi connectivity index (χ3v) is 6.92. The SMILES string of the molecule is COC(=O)NC(=O)c1c(NC(=O)CCCSc2ccccc2)sc2c1CCCC2. The number of thiophene rings is 1. The molecule has 0 saturated carbocycles. The Labute approximate surface area is 178 Å². The van der Waals surface area contributed by atoms with Crippen molar-refractivity contribution in [3.63, 3.8) is 0 Å². The van der Waals surface area contributed by atoms with Crippen LogP contribution < -0.4 is 10.6 Å². The molecule has 1 heterocycles. The van der Waals surface area contributed by atoms with E-state index in [1.54, 1.807) is 11.8 Å². The Morgan fingerprint density at radius 2 is 1.90 bits per heavy atom. The summed E-state index contributed by atoms with van der Waals surface area (Å²) in [5, 5.41) is 5.64. The molecular formula is C21H24N2O4S2. The Kier molecular flexibility index (Phi) is 7.71. The van der Waals surface area contributed by atoms with Crippen LogP contribution in [0.3, 0.4) is 0 Å². The molecule has 1 aromatic carbocycles. The number of hydrogen-bond donors (Lipinski definition) is 2. The van der Waals surface area contributed by atoms with Crippen LogP contribution in [0.1, 0.15) is 46.5 Å². The zero-order valence-corrected chi connectivity index (χ0v) is 17.9. The van der Waals surface area contributed by atoms with E-state index >= 15 is 0 Å². The van der Waals surface area contributed by atoms with Crippen molar-refractivity contribution >= 4 is 46.0 Å². The summed E-state index contributed by atoms with van der Waals surface area (Å²) >= 11 is 3.15. The molecule has 3 amide bonds. The number of fused-ring (bicyclic) bond motifs is 1. The third kappa shape index (κ3) is 5.83. The molecule has 154 valence electrons. The lowest BCUT2D eigenvalue weighted by Gasteiger charge is -2.12. The molecular weight excluding hydrogens is 408 g/mol. The van der Waals surface area contributed by atoms with Gasteiger partial charge in [-0.05, 0) is 55.6 Å². The number of ether oxygens (including phenoxy) is 1. The van der Waals surface area contributed by atoms with Gasteiger partial charge in [-0.1, -0.05) is 18.2 Å². The van der Waals surface area contributed by atoms with Crippen molar-refractivity contribution in [3.05, 3.63) is 46.3 Å². The second kappa shape index (κ2) is 10.5. The number of rotatable bonds is 7. The lowest BCUT2D eigenvalue weighted by atomic mass is 9.95. The Morgan fingerprint density at radius 1 is 1.14 bits per heavy atom. The van der Waals surface area contributed by atoms with Gasteiger partial charge in [-0.15, -0.1) is 23.1 Å². The number of carbonyl (C=O) groups is 3. The van der Waals surface area contributed by atoms with Gasteiger partial charge in [-0.3, -0.25) is 14.9 Å². The smallest absolute Gasteiger partial charge is 0.413 e. The highest BCUT2D eigenvalue weighted by atomic mass is 32.2. The summed E-state index contributed by atoms with van der Waals surface area (Å²) in [6.45, 7) is 0. The van der Waals surface area contributed by atoms with E-state index in [4.69, 9.17) is 0 Å². The summed E-state index contributed by atoms with van der Waals surface area (Å²) in [7, 11) is 1.21. The number of nitrogens with one attached hydrogen (secondary N) is 2. The van der Waals surface area contributed by atoms with Gasteiger partial charge < -0.3 is 10.1 Å². The number of thioether (sulfide) groups is 1. The van der Waals surface area contributed by atoms with Gasteiger partial charge in [0.2, 0.25) is 5.91 Å². The van der Waals surface area contributed by atoms with Gasteiger partial charge in [0.15, 0.2) is 0 Å². The highest BCUT2D eigenvalue weighted by Crippen LogP contribution is 2.38. The van der Waals surface area contributed by atoms with Gasteiger partial charge in [-0.25, -0.2) is 4.79 Å². The Hall–Kier alpha value is -2.32. The number of amides is 3. The molecule has 0 saturated heterocycles. The van der Waals surface area contributed by atoms with Gasteiger partial charge in [-0.2, -0.15) is 0 Å². The fraction of sp³-hybridized carbons (Fsp3) is 0.381. The molecule has 2 N–H and O–H groups in total. The summed E-state index contributed by atoms with van der Waals surface area (Å²) in [4.78, 5) is 38.8. The van der Waals surface area contributed by atoms with Crippen LogP contribution in [0.2, 0.25) is 0 Å². The van der Waals surface area contributed by atoms with Crippen LogP contribution in [0, 0.1) is 0 Å². The van der Waals surface area contributed by atoms with Gasteiger partial charge in [0.1, 0.15) is 5.00 Å². The molecule has 0 atom stereocenters. The summed E-state index contributed by atoms with van der Waals surface area (Å²) in [6, 6.07) is 10.1. The number of methoxy groups -OCH3 is 1. The summed E-state index contributed by atoms with van der Waals surface area (Å²) in [6.07, 6.45) is 4.03. The van der Waals surface area contributed by atoms with Crippen LogP contribution in [0.25, 0.3) is 0 Å². The second-order valence-corrected chi connectivity index (χ2v) is 8.95. The highest BCUT2D eigenvalue weighted by Gasteiger charge is 2.27. The van der Waals surface area contributed by atoms with E-state index in [0.29, 0.717) is 17.0 Å². The van der Waals surface area contributed by atoms with E-state index in [1.165, 1.54) is 23.3 Å². The van der Waals surface area contributed by atoms with Crippen molar-refractivity contribution in [3.8, 4) is 0 Å². The first-order valence-electron chi connectivity index (χ1n) is 9.60. The number of aryl methyl sites for hydroxylation is 1. The normalized spacial score (nSPS) is 12.7. The zero-order chi connectivity index (χ0) is 20.6. The first-order chi connectivity index (χ1) is 14.1. The molecule has 1 aliphatic rings. The van der Waals surface area contributed by atoms with Crippen LogP contribution >= 0.6 is 23.1 Å². The maximum atomic E-state index is 12.6. The monoisotopic (exact) mass is 432 g/mol. The van der Waals surface area contributed by atoms with Crippen LogP contribution in [-0.2, 0) is 22.4 Å². The molecule has 0 bridgehead atoms. The maximum Gasteiger partial charge on any atom is 0.413 e. The molecule has 0 radical (unpaired) electrons. The second-order valence-electron chi connectivity index (χ2n) is 6.67. The highest BCUT2D eigenvalue weighted by molar-refractivity contribution is 7.99. The summed E-state index contributed by atoms with van der Waals surface area (Å²) in [5.74, 6) is 0.198. The average Bonchev–Trinajstić information content (AvgIpc) is 3.09. The van der Waals surface area contributed by atoms with Crippen LogP contribution in [-0.4, -0.2) is 30.8 Å². The molecule has 6 nitrogen and oxygen atoms in total. The van der Waals surface area contributed by atoms with Crippen molar-refractivity contribution < 1.29 is 19.1 Å². The molecule has 29 heavy (non-hydrogen) atoms. The molecule has 0 aliphatic heterocycles. The number of benzene rings is 1. The fourth-order valence-corrected chi connectivity index (χ4v) is 5.41. The predicted octanol–water partition coefficient (Wildman–Crippen LogP) is 4.63. The first-order valence-corrected chi connectivity index (χ1v) is 11.4. The van der Waals surface area contributed by atoms with E-state index in [-0.39, 0.29) is 5.91 Å². The quantitative estimate of drug-likeness (QED) is 0.492. The summed E-state index contributed by atoms with van der Waals surface area (Å²) < 4.78 is 4.53. The third-order valence-electron chi connectivity index (χ3n) is 4.61. The minimum atomic E-state index is -0.805. The van der Waals surface area contributed by atoms with E-state index in [1.807, 2.05) is 30.3 Å².